The summed E-state index contributed by atoms with van der Waals surface area (Å²) in [7, 11) is 0. The van der Waals surface area contributed by atoms with Crippen molar-refractivity contribution in [2.75, 3.05) is 0 Å². The lowest BCUT2D eigenvalue weighted by Crippen LogP contribution is -2.34. The summed E-state index contributed by atoms with van der Waals surface area (Å²) in [5, 5.41) is 20.1. The molecule has 0 saturated heterocycles. The molecule has 1 aliphatic rings. The molecule has 0 atom stereocenters. The monoisotopic (exact) mass is 242 g/mol. The van der Waals surface area contributed by atoms with Gasteiger partial charge in [-0.2, -0.15) is 0 Å². The number of ketones is 1. The van der Waals surface area contributed by atoms with Crippen molar-refractivity contribution in [3.05, 3.63) is 59.7 Å². The van der Waals surface area contributed by atoms with Crippen LogP contribution in [0, 0.1) is 0 Å². The van der Waals surface area contributed by atoms with E-state index in [9.17, 15) is 15.0 Å². The topological polar surface area (TPSA) is 66.8 Å². The molecule has 2 aromatic carbocycles. The predicted octanol–water partition coefficient (Wildman–Crippen LogP) is 1.81. The Kier molecular flexibility index (Phi) is 2.23. The summed E-state index contributed by atoms with van der Waals surface area (Å²) in [6.07, 6.45) is 0. The lowest BCUT2D eigenvalue weighted by molar-refractivity contribution is -0.128. The highest BCUT2D eigenvalue weighted by molar-refractivity contribution is 6.04. The van der Waals surface area contributed by atoms with Gasteiger partial charge in [0.25, 0.3) is 5.79 Å². The molecule has 4 heteroatoms. The van der Waals surface area contributed by atoms with E-state index in [1.807, 2.05) is 0 Å². The molecule has 0 spiro atoms. The van der Waals surface area contributed by atoms with Gasteiger partial charge in [0.15, 0.2) is 0 Å². The largest absolute Gasteiger partial charge is 0.456 e. The zero-order valence-electron chi connectivity index (χ0n) is 9.33. The third-order valence-corrected chi connectivity index (χ3v) is 2.93. The number of ether oxygens (including phenoxy) is 1. The number of hydrogen-bond donors (Lipinski definition) is 2. The first kappa shape index (κ1) is 11.0. The molecule has 2 aromatic rings. The van der Waals surface area contributed by atoms with Gasteiger partial charge < -0.3 is 14.9 Å². The van der Waals surface area contributed by atoms with Crippen LogP contribution in [0.1, 0.15) is 15.9 Å². The van der Waals surface area contributed by atoms with Crippen LogP contribution in [0.5, 0.6) is 11.5 Å². The minimum absolute atomic E-state index is 0.0474. The van der Waals surface area contributed by atoms with Crippen molar-refractivity contribution in [1.29, 1.82) is 0 Å². The average Bonchev–Trinajstić information content (AvgIpc) is 2.46. The minimum atomic E-state index is -2.57. The Morgan fingerprint density at radius 1 is 0.889 bits per heavy atom. The fraction of sp³-hybridized carbons (Fsp3) is 0.0714. The quantitative estimate of drug-likeness (QED) is 0.691. The maximum atomic E-state index is 12.1. The molecular formula is C14H10O4. The van der Waals surface area contributed by atoms with Crippen LogP contribution in [0.4, 0.5) is 0 Å². The number of Topliss-reactive ketones (excluding diaryl/α,β-unsaturated/α-hetero) is 1. The van der Waals surface area contributed by atoms with Crippen molar-refractivity contribution in [3.8, 4) is 11.5 Å². The lowest BCUT2D eigenvalue weighted by Gasteiger charge is -2.19. The number of benzene rings is 2. The summed E-state index contributed by atoms with van der Waals surface area (Å²) in [6.45, 7) is 0. The van der Waals surface area contributed by atoms with E-state index in [2.05, 4.69) is 0 Å². The molecule has 0 saturated carbocycles. The molecule has 90 valence electrons. The van der Waals surface area contributed by atoms with E-state index in [0.717, 1.165) is 0 Å². The summed E-state index contributed by atoms with van der Waals surface area (Å²) in [6, 6.07) is 12.9. The number of rotatable bonds is 0. The van der Waals surface area contributed by atoms with E-state index in [-0.39, 0.29) is 16.9 Å². The molecule has 1 heterocycles. The van der Waals surface area contributed by atoms with Gasteiger partial charge in [-0.05, 0) is 24.3 Å². The summed E-state index contributed by atoms with van der Waals surface area (Å²) in [5.41, 5.74) is 0.199. The molecule has 18 heavy (non-hydrogen) atoms. The predicted molar refractivity (Wildman–Crippen MR) is 63.4 cm³/mol. The maximum Gasteiger partial charge on any atom is 0.260 e. The standard InChI is InChI=1S/C14H10O4/c15-13-9-5-1-3-7-11(9)18-12-8-4-2-6-10(12)14(13,16)17/h1-8,16-17H. The van der Waals surface area contributed by atoms with E-state index in [0.29, 0.717) is 5.75 Å². The Hall–Kier alpha value is -2.17. The van der Waals surface area contributed by atoms with Crippen LogP contribution < -0.4 is 4.74 Å². The number of carbonyl (C=O) groups excluding carboxylic acids is 1. The molecular weight excluding hydrogens is 232 g/mol. The summed E-state index contributed by atoms with van der Waals surface area (Å²) >= 11 is 0. The Labute approximate surface area is 103 Å². The van der Waals surface area contributed by atoms with Gasteiger partial charge in [-0.1, -0.05) is 24.3 Å². The van der Waals surface area contributed by atoms with E-state index >= 15 is 0 Å². The van der Waals surface area contributed by atoms with Gasteiger partial charge in [-0.15, -0.1) is 0 Å². The smallest absolute Gasteiger partial charge is 0.260 e. The van der Waals surface area contributed by atoms with Crippen molar-refractivity contribution in [1.82, 2.24) is 0 Å². The van der Waals surface area contributed by atoms with Crippen LogP contribution >= 0.6 is 0 Å². The molecule has 0 aromatic heterocycles. The van der Waals surface area contributed by atoms with Crippen molar-refractivity contribution >= 4 is 5.78 Å². The second-order valence-corrected chi connectivity index (χ2v) is 4.10. The third kappa shape index (κ3) is 1.44. The van der Waals surface area contributed by atoms with Crippen LogP contribution in [-0.4, -0.2) is 16.0 Å². The second-order valence-electron chi connectivity index (χ2n) is 4.10. The highest BCUT2D eigenvalue weighted by Gasteiger charge is 2.42. The van der Waals surface area contributed by atoms with Crippen molar-refractivity contribution in [2.24, 2.45) is 0 Å². The zero-order valence-corrected chi connectivity index (χ0v) is 9.33. The first-order valence-electron chi connectivity index (χ1n) is 5.46. The Bertz CT molecular complexity index is 631. The molecule has 0 amide bonds. The summed E-state index contributed by atoms with van der Waals surface area (Å²) < 4.78 is 5.57. The van der Waals surface area contributed by atoms with Crippen molar-refractivity contribution in [2.45, 2.75) is 5.79 Å². The summed E-state index contributed by atoms with van der Waals surface area (Å²) in [4.78, 5) is 12.1. The second kappa shape index (κ2) is 3.66. The molecule has 4 nitrogen and oxygen atoms in total. The Morgan fingerprint density at radius 2 is 1.50 bits per heavy atom. The minimum Gasteiger partial charge on any atom is -0.456 e. The first-order chi connectivity index (χ1) is 8.60. The summed E-state index contributed by atoms with van der Waals surface area (Å²) in [5.74, 6) is -2.77. The van der Waals surface area contributed by atoms with Gasteiger partial charge >= 0.3 is 0 Å². The van der Waals surface area contributed by atoms with Crippen LogP contribution in [0.25, 0.3) is 0 Å². The molecule has 0 aliphatic carbocycles. The Morgan fingerprint density at radius 3 is 2.28 bits per heavy atom. The van der Waals surface area contributed by atoms with Gasteiger partial charge in [-0.3, -0.25) is 4.79 Å². The Balaban J connectivity index is 2.31. The number of fused-ring (bicyclic) bond motifs is 2. The molecule has 0 unspecified atom stereocenters. The van der Waals surface area contributed by atoms with Gasteiger partial charge in [-0.25, -0.2) is 0 Å². The van der Waals surface area contributed by atoms with Crippen LogP contribution in [0.3, 0.4) is 0 Å². The van der Waals surface area contributed by atoms with Crippen molar-refractivity contribution in [3.63, 3.8) is 0 Å². The highest BCUT2D eigenvalue weighted by Crippen LogP contribution is 2.39. The van der Waals surface area contributed by atoms with Gasteiger partial charge in [0, 0.05) is 0 Å². The number of aliphatic hydroxyl groups is 2. The van der Waals surface area contributed by atoms with E-state index in [1.165, 1.54) is 12.1 Å². The average molecular weight is 242 g/mol. The zero-order chi connectivity index (χ0) is 12.8. The number of hydrogen-bond acceptors (Lipinski definition) is 4. The molecule has 0 radical (unpaired) electrons. The molecule has 1 aliphatic heterocycles. The fourth-order valence-electron chi connectivity index (χ4n) is 2.02. The molecule has 3 rings (SSSR count). The van der Waals surface area contributed by atoms with Gasteiger partial charge in [0.1, 0.15) is 11.5 Å². The number of para-hydroxylation sites is 2. The maximum absolute atomic E-state index is 12.1. The van der Waals surface area contributed by atoms with Crippen molar-refractivity contribution < 1.29 is 19.7 Å². The van der Waals surface area contributed by atoms with E-state index < -0.39 is 11.6 Å². The van der Waals surface area contributed by atoms with Crippen LogP contribution in [0.15, 0.2) is 48.5 Å². The van der Waals surface area contributed by atoms with Gasteiger partial charge in [0.2, 0.25) is 5.78 Å². The lowest BCUT2D eigenvalue weighted by atomic mass is 9.96. The van der Waals surface area contributed by atoms with Gasteiger partial charge in [0.05, 0.1) is 11.1 Å². The normalized spacial score (nSPS) is 16.2. The van der Waals surface area contributed by atoms with Crippen LogP contribution in [-0.2, 0) is 5.79 Å². The molecule has 2 N–H and O–H groups in total. The fourth-order valence-corrected chi connectivity index (χ4v) is 2.02. The van der Waals surface area contributed by atoms with Crippen LogP contribution in [0.2, 0.25) is 0 Å². The molecule has 0 bridgehead atoms. The first-order valence-corrected chi connectivity index (χ1v) is 5.46. The highest BCUT2D eigenvalue weighted by atomic mass is 16.5. The van der Waals surface area contributed by atoms with E-state index in [1.54, 1.807) is 36.4 Å². The molecule has 0 fully saturated rings. The SMILES string of the molecule is O=C1c2ccccc2Oc2ccccc2C1(O)O. The number of carbonyl (C=O) groups is 1. The van der Waals surface area contributed by atoms with E-state index in [4.69, 9.17) is 4.74 Å². The third-order valence-electron chi connectivity index (χ3n) is 2.93.